The molecule has 0 aromatic heterocycles. The van der Waals surface area contributed by atoms with Gasteiger partial charge in [0.25, 0.3) is 0 Å². The number of benzene rings is 1. The lowest BCUT2D eigenvalue weighted by Crippen LogP contribution is -2.14. The Morgan fingerprint density at radius 1 is 1.22 bits per heavy atom. The maximum atomic E-state index is 13.8. The van der Waals surface area contributed by atoms with Crippen molar-refractivity contribution >= 4 is 11.6 Å². The Morgan fingerprint density at radius 2 is 1.83 bits per heavy atom. The molecule has 4 heteroatoms. The fourth-order valence-corrected chi connectivity index (χ4v) is 2.13. The summed E-state index contributed by atoms with van der Waals surface area (Å²) in [6.45, 7) is 5.63. The van der Waals surface area contributed by atoms with Gasteiger partial charge in [0.1, 0.15) is 16.7 Å². The van der Waals surface area contributed by atoms with Gasteiger partial charge < -0.3 is 5.73 Å². The molecule has 0 aliphatic heterocycles. The van der Waals surface area contributed by atoms with Crippen molar-refractivity contribution in [3.05, 3.63) is 33.9 Å². The number of rotatable bonds is 5. The van der Waals surface area contributed by atoms with Crippen molar-refractivity contribution in [1.29, 1.82) is 0 Å². The third kappa shape index (κ3) is 3.66. The van der Waals surface area contributed by atoms with E-state index < -0.39 is 16.7 Å². The third-order valence-electron chi connectivity index (χ3n) is 2.98. The number of hydrogen-bond donors (Lipinski definition) is 1. The standard InChI is InChI=1S/C14H20ClF2N/c1-8(2)11-7-10(6-4-5-9(3)18)13(16)12(15)14(11)17/h7-9H,4-6,18H2,1-3H3/t9-/m0/s1. The highest BCUT2D eigenvalue weighted by molar-refractivity contribution is 6.31. The molecular formula is C14H20ClF2N. The lowest BCUT2D eigenvalue weighted by Gasteiger charge is -2.13. The number of aryl methyl sites for hydroxylation is 1. The monoisotopic (exact) mass is 275 g/mol. The third-order valence-corrected chi connectivity index (χ3v) is 3.31. The largest absolute Gasteiger partial charge is 0.328 e. The molecule has 0 unspecified atom stereocenters. The van der Waals surface area contributed by atoms with E-state index in [-0.39, 0.29) is 12.0 Å². The predicted molar refractivity (Wildman–Crippen MR) is 72.0 cm³/mol. The van der Waals surface area contributed by atoms with Gasteiger partial charge in [0.2, 0.25) is 0 Å². The molecule has 0 bridgehead atoms. The van der Waals surface area contributed by atoms with Crippen LogP contribution in [-0.4, -0.2) is 6.04 Å². The lowest BCUT2D eigenvalue weighted by atomic mass is 9.97. The van der Waals surface area contributed by atoms with E-state index in [1.165, 1.54) is 0 Å². The maximum Gasteiger partial charge on any atom is 0.148 e. The number of hydrogen-bond acceptors (Lipinski definition) is 1. The second-order valence-corrected chi connectivity index (χ2v) is 5.47. The fraction of sp³-hybridized carbons (Fsp3) is 0.571. The zero-order valence-electron chi connectivity index (χ0n) is 11.1. The molecular weight excluding hydrogens is 256 g/mol. The molecule has 0 amide bonds. The van der Waals surface area contributed by atoms with Crippen LogP contribution in [-0.2, 0) is 6.42 Å². The molecule has 1 atom stereocenters. The highest BCUT2D eigenvalue weighted by Gasteiger charge is 2.18. The van der Waals surface area contributed by atoms with E-state index in [9.17, 15) is 8.78 Å². The minimum atomic E-state index is -0.639. The van der Waals surface area contributed by atoms with Crippen LogP contribution in [0, 0.1) is 11.6 Å². The van der Waals surface area contributed by atoms with Crippen molar-refractivity contribution in [2.24, 2.45) is 5.73 Å². The van der Waals surface area contributed by atoms with E-state index in [2.05, 4.69) is 0 Å². The molecule has 0 heterocycles. The average Bonchev–Trinajstić information content (AvgIpc) is 2.28. The van der Waals surface area contributed by atoms with Crippen molar-refractivity contribution in [1.82, 2.24) is 0 Å². The van der Waals surface area contributed by atoms with Gasteiger partial charge >= 0.3 is 0 Å². The Labute approximate surface area is 112 Å². The minimum Gasteiger partial charge on any atom is -0.328 e. The first kappa shape index (κ1) is 15.4. The highest BCUT2D eigenvalue weighted by atomic mass is 35.5. The summed E-state index contributed by atoms with van der Waals surface area (Å²) < 4.78 is 27.6. The summed E-state index contributed by atoms with van der Waals surface area (Å²) in [5.74, 6) is -1.29. The Hall–Kier alpha value is -0.670. The van der Waals surface area contributed by atoms with E-state index >= 15 is 0 Å². The molecule has 0 fully saturated rings. The van der Waals surface area contributed by atoms with Gasteiger partial charge in [0, 0.05) is 6.04 Å². The van der Waals surface area contributed by atoms with Crippen molar-refractivity contribution in [3.8, 4) is 0 Å². The molecule has 0 radical (unpaired) electrons. The molecule has 1 rings (SSSR count). The first-order chi connectivity index (χ1) is 8.34. The van der Waals surface area contributed by atoms with E-state index in [1.54, 1.807) is 6.07 Å². The second-order valence-electron chi connectivity index (χ2n) is 5.09. The molecule has 1 nitrogen and oxygen atoms in total. The van der Waals surface area contributed by atoms with Gasteiger partial charge in [-0.2, -0.15) is 0 Å². The SMILES string of the molecule is CC(C)c1cc(CCC[C@H](C)N)c(F)c(Cl)c1F. The molecule has 18 heavy (non-hydrogen) atoms. The van der Waals surface area contributed by atoms with Crippen molar-refractivity contribution in [2.75, 3.05) is 0 Å². The smallest absolute Gasteiger partial charge is 0.148 e. The van der Waals surface area contributed by atoms with Gasteiger partial charge in [-0.15, -0.1) is 0 Å². The molecule has 2 N–H and O–H groups in total. The van der Waals surface area contributed by atoms with Crippen LogP contribution in [0.15, 0.2) is 6.07 Å². The molecule has 0 saturated carbocycles. The predicted octanol–water partition coefficient (Wildman–Crippen LogP) is 4.41. The van der Waals surface area contributed by atoms with Crippen LogP contribution in [0.1, 0.15) is 50.7 Å². The normalized spacial score (nSPS) is 13.1. The first-order valence-corrected chi connectivity index (χ1v) is 6.64. The topological polar surface area (TPSA) is 26.0 Å². The summed E-state index contributed by atoms with van der Waals surface area (Å²) in [4.78, 5) is 0. The van der Waals surface area contributed by atoms with Gasteiger partial charge in [0.05, 0.1) is 0 Å². The Kier molecular flexibility index (Phi) is 5.54. The number of nitrogens with two attached hydrogens (primary N) is 1. The van der Waals surface area contributed by atoms with Crippen molar-refractivity contribution in [3.63, 3.8) is 0 Å². The van der Waals surface area contributed by atoms with E-state index in [0.717, 1.165) is 12.8 Å². The van der Waals surface area contributed by atoms with E-state index in [1.807, 2.05) is 20.8 Å². The summed E-state index contributed by atoms with van der Waals surface area (Å²) in [7, 11) is 0. The van der Waals surface area contributed by atoms with Gasteiger partial charge in [-0.1, -0.05) is 25.4 Å². The summed E-state index contributed by atoms with van der Waals surface area (Å²) in [6, 6.07) is 1.68. The van der Waals surface area contributed by atoms with Crippen LogP contribution in [0.4, 0.5) is 8.78 Å². The molecule has 1 aromatic carbocycles. The summed E-state index contributed by atoms with van der Waals surface area (Å²) in [5, 5.41) is -0.392. The maximum absolute atomic E-state index is 13.8. The van der Waals surface area contributed by atoms with Crippen molar-refractivity contribution < 1.29 is 8.78 Å². The van der Waals surface area contributed by atoms with Crippen LogP contribution >= 0.6 is 11.6 Å². The zero-order valence-corrected chi connectivity index (χ0v) is 11.8. The van der Waals surface area contributed by atoms with E-state index in [4.69, 9.17) is 17.3 Å². The average molecular weight is 276 g/mol. The van der Waals surface area contributed by atoms with Crippen LogP contribution in [0.3, 0.4) is 0 Å². The van der Waals surface area contributed by atoms with Gasteiger partial charge in [0.15, 0.2) is 0 Å². The number of halogens is 3. The Balaban J connectivity index is 2.97. The quantitative estimate of drug-likeness (QED) is 0.792. The highest BCUT2D eigenvalue weighted by Crippen LogP contribution is 2.30. The van der Waals surface area contributed by atoms with Gasteiger partial charge in [-0.25, -0.2) is 8.78 Å². The molecule has 0 aliphatic rings. The molecule has 1 aromatic rings. The van der Waals surface area contributed by atoms with Crippen LogP contribution < -0.4 is 5.73 Å². The Bertz CT molecular complexity index is 417. The summed E-state index contributed by atoms with van der Waals surface area (Å²) in [6.07, 6.45) is 2.12. The molecule has 0 spiro atoms. The van der Waals surface area contributed by atoms with E-state index in [0.29, 0.717) is 17.5 Å². The van der Waals surface area contributed by atoms with Crippen LogP contribution in [0.2, 0.25) is 5.02 Å². The zero-order chi connectivity index (χ0) is 13.9. The fourth-order valence-electron chi connectivity index (χ4n) is 1.89. The first-order valence-electron chi connectivity index (χ1n) is 6.26. The summed E-state index contributed by atoms with van der Waals surface area (Å²) in [5.41, 5.74) is 6.59. The second kappa shape index (κ2) is 6.48. The minimum absolute atomic E-state index is 0.0183. The Morgan fingerprint density at radius 3 is 2.33 bits per heavy atom. The molecule has 0 saturated heterocycles. The van der Waals surface area contributed by atoms with Gasteiger partial charge in [-0.3, -0.25) is 0 Å². The molecule has 0 aliphatic carbocycles. The summed E-state index contributed by atoms with van der Waals surface area (Å²) >= 11 is 5.70. The van der Waals surface area contributed by atoms with Crippen LogP contribution in [0.25, 0.3) is 0 Å². The molecule has 102 valence electrons. The van der Waals surface area contributed by atoms with Crippen molar-refractivity contribution in [2.45, 2.75) is 52.0 Å². The van der Waals surface area contributed by atoms with Gasteiger partial charge in [-0.05, 0) is 49.3 Å². The van der Waals surface area contributed by atoms with Crippen LogP contribution in [0.5, 0.6) is 0 Å². The lowest BCUT2D eigenvalue weighted by molar-refractivity contribution is 0.548.